The molecular weight excluding hydrogens is 275 g/mol. The summed E-state index contributed by atoms with van der Waals surface area (Å²) >= 11 is 1.67. The molecule has 0 aromatic heterocycles. The Bertz CT molecular complexity index is 506. The lowest BCUT2D eigenvalue weighted by Gasteiger charge is -2.10. The fourth-order valence-corrected chi connectivity index (χ4v) is 2.72. The summed E-state index contributed by atoms with van der Waals surface area (Å²) in [6, 6.07) is 3.37. The van der Waals surface area contributed by atoms with E-state index in [0.29, 0.717) is 11.8 Å². The Balaban J connectivity index is 2.71. The van der Waals surface area contributed by atoms with E-state index < -0.39 is 15.8 Å². The van der Waals surface area contributed by atoms with Gasteiger partial charge in [0.1, 0.15) is 5.82 Å². The van der Waals surface area contributed by atoms with Crippen LogP contribution in [0, 0.1) is 5.82 Å². The summed E-state index contributed by atoms with van der Waals surface area (Å²) < 4.78 is 39.2. The van der Waals surface area contributed by atoms with Gasteiger partial charge in [-0.15, -0.1) is 0 Å². The number of benzene rings is 1. The predicted molar refractivity (Wildman–Crippen MR) is 73.6 cm³/mol. The molecule has 102 valence electrons. The molecule has 0 amide bonds. The number of nitrogen functional groups attached to an aromatic ring is 1. The zero-order chi connectivity index (χ0) is 13.8. The molecular formula is C11H17FN2O2S2. The summed E-state index contributed by atoms with van der Waals surface area (Å²) in [5, 5.41) is 0.381. The third kappa shape index (κ3) is 4.15. The van der Waals surface area contributed by atoms with Gasteiger partial charge in [0.15, 0.2) is 0 Å². The SMILES string of the molecule is CSC(C)CCNS(=O)(=O)c1ccc(F)c(N)c1. The third-order valence-corrected chi connectivity index (χ3v) is 5.02. The van der Waals surface area contributed by atoms with Crippen LogP contribution in [0.2, 0.25) is 0 Å². The molecule has 1 rings (SSSR count). The molecule has 0 radical (unpaired) electrons. The summed E-state index contributed by atoms with van der Waals surface area (Å²) in [5.74, 6) is -0.620. The molecule has 4 nitrogen and oxygen atoms in total. The molecule has 1 aromatic carbocycles. The molecule has 0 bridgehead atoms. The minimum atomic E-state index is -3.61. The maximum Gasteiger partial charge on any atom is 0.240 e. The lowest BCUT2D eigenvalue weighted by Crippen LogP contribution is -2.26. The smallest absolute Gasteiger partial charge is 0.240 e. The molecule has 3 N–H and O–H groups in total. The highest BCUT2D eigenvalue weighted by Crippen LogP contribution is 2.16. The second-order valence-corrected chi connectivity index (χ2v) is 6.96. The highest BCUT2D eigenvalue weighted by atomic mass is 32.2. The molecule has 0 fully saturated rings. The lowest BCUT2D eigenvalue weighted by molar-refractivity contribution is 0.578. The Kier molecular flexibility index (Phi) is 5.43. The van der Waals surface area contributed by atoms with E-state index in [-0.39, 0.29) is 10.6 Å². The van der Waals surface area contributed by atoms with Crippen molar-refractivity contribution in [1.29, 1.82) is 0 Å². The minimum absolute atomic E-state index is 0.0156. The van der Waals surface area contributed by atoms with Gasteiger partial charge in [-0.1, -0.05) is 6.92 Å². The van der Waals surface area contributed by atoms with E-state index in [1.54, 1.807) is 11.8 Å². The average molecular weight is 292 g/mol. The summed E-state index contributed by atoms with van der Waals surface area (Å²) in [5.41, 5.74) is 5.17. The topological polar surface area (TPSA) is 72.2 Å². The Labute approximate surface area is 111 Å². The fourth-order valence-electron chi connectivity index (χ4n) is 1.29. The van der Waals surface area contributed by atoms with E-state index in [1.165, 1.54) is 6.07 Å². The first-order chi connectivity index (χ1) is 8.36. The van der Waals surface area contributed by atoms with Crippen LogP contribution in [0.3, 0.4) is 0 Å². The van der Waals surface area contributed by atoms with Gasteiger partial charge in [-0.25, -0.2) is 17.5 Å². The normalized spacial score (nSPS) is 13.5. The Hall–Kier alpha value is -0.790. The van der Waals surface area contributed by atoms with Crippen LogP contribution in [0.1, 0.15) is 13.3 Å². The molecule has 0 saturated carbocycles. The Morgan fingerprint density at radius 2 is 2.17 bits per heavy atom. The molecule has 0 heterocycles. The maximum atomic E-state index is 12.9. The fraction of sp³-hybridized carbons (Fsp3) is 0.455. The largest absolute Gasteiger partial charge is 0.396 e. The van der Waals surface area contributed by atoms with Crippen LogP contribution in [0.5, 0.6) is 0 Å². The van der Waals surface area contributed by atoms with Crippen molar-refractivity contribution in [2.24, 2.45) is 0 Å². The van der Waals surface area contributed by atoms with Crippen molar-refractivity contribution in [2.45, 2.75) is 23.5 Å². The summed E-state index contributed by atoms with van der Waals surface area (Å²) in [6.45, 7) is 2.37. The van der Waals surface area contributed by atoms with Crippen molar-refractivity contribution in [3.05, 3.63) is 24.0 Å². The van der Waals surface area contributed by atoms with Crippen molar-refractivity contribution in [1.82, 2.24) is 4.72 Å². The van der Waals surface area contributed by atoms with Crippen LogP contribution in [-0.2, 0) is 10.0 Å². The van der Waals surface area contributed by atoms with Gasteiger partial charge < -0.3 is 5.73 Å². The van der Waals surface area contributed by atoms with Gasteiger partial charge in [0, 0.05) is 11.8 Å². The van der Waals surface area contributed by atoms with Crippen LogP contribution >= 0.6 is 11.8 Å². The summed E-state index contributed by atoms with van der Waals surface area (Å²) in [6.07, 6.45) is 2.71. The maximum absolute atomic E-state index is 12.9. The van der Waals surface area contributed by atoms with E-state index in [0.717, 1.165) is 18.6 Å². The number of sulfonamides is 1. The molecule has 1 aromatic rings. The summed E-state index contributed by atoms with van der Waals surface area (Å²) in [4.78, 5) is -0.0156. The van der Waals surface area contributed by atoms with Crippen LogP contribution in [0.15, 0.2) is 23.1 Å². The van der Waals surface area contributed by atoms with Crippen molar-refractivity contribution in [3.8, 4) is 0 Å². The number of hydrogen-bond donors (Lipinski definition) is 2. The van der Waals surface area contributed by atoms with E-state index in [9.17, 15) is 12.8 Å². The number of thioether (sulfide) groups is 1. The molecule has 0 aliphatic rings. The number of nitrogens with one attached hydrogen (secondary N) is 1. The van der Waals surface area contributed by atoms with Crippen molar-refractivity contribution < 1.29 is 12.8 Å². The molecule has 0 saturated heterocycles. The number of hydrogen-bond acceptors (Lipinski definition) is 4. The van der Waals surface area contributed by atoms with Crippen LogP contribution < -0.4 is 10.5 Å². The lowest BCUT2D eigenvalue weighted by atomic mass is 10.3. The molecule has 18 heavy (non-hydrogen) atoms. The van der Waals surface area contributed by atoms with Gasteiger partial charge in [0.2, 0.25) is 10.0 Å². The Morgan fingerprint density at radius 1 is 1.50 bits per heavy atom. The van der Waals surface area contributed by atoms with Gasteiger partial charge in [-0.05, 0) is 30.9 Å². The summed E-state index contributed by atoms with van der Waals surface area (Å²) in [7, 11) is -3.61. The quantitative estimate of drug-likeness (QED) is 0.785. The highest BCUT2D eigenvalue weighted by molar-refractivity contribution is 7.99. The standard InChI is InChI=1S/C11H17FN2O2S2/c1-8(17-2)5-6-14-18(15,16)9-3-4-10(12)11(13)7-9/h3-4,7-8,14H,5-6,13H2,1-2H3. The minimum Gasteiger partial charge on any atom is -0.396 e. The van der Waals surface area contributed by atoms with Crippen LogP contribution in [0.4, 0.5) is 10.1 Å². The monoisotopic (exact) mass is 292 g/mol. The number of halogens is 1. The average Bonchev–Trinajstić information content (AvgIpc) is 2.32. The van der Waals surface area contributed by atoms with Gasteiger partial charge in [-0.3, -0.25) is 0 Å². The molecule has 1 atom stereocenters. The number of anilines is 1. The van der Waals surface area contributed by atoms with Gasteiger partial charge >= 0.3 is 0 Å². The zero-order valence-corrected chi connectivity index (χ0v) is 11.9. The van der Waals surface area contributed by atoms with Crippen LogP contribution in [0.25, 0.3) is 0 Å². The molecule has 0 spiro atoms. The predicted octanol–water partition coefficient (Wildman–Crippen LogP) is 1.83. The first-order valence-electron chi connectivity index (χ1n) is 5.44. The zero-order valence-electron chi connectivity index (χ0n) is 10.3. The van der Waals surface area contributed by atoms with E-state index in [4.69, 9.17) is 5.73 Å². The molecule has 0 aliphatic carbocycles. The second-order valence-electron chi connectivity index (χ2n) is 3.92. The van der Waals surface area contributed by atoms with Crippen LogP contribution in [-0.4, -0.2) is 26.5 Å². The van der Waals surface area contributed by atoms with Crippen molar-refractivity contribution >= 4 is 27.5 Å². The molecule has 7 heteroatoms. The van der Waals surface area contributed by atoms with Gasteiger partial charge in [0.05, 0.1) is 10.6 Å². The van der Waals surface area contributed by atoms with Gasteiger partial charge in [0.25, 0.3) is 0 Å². The number of rotatable bonds is 6. The van der Waals surface area contributed by atoms with Crippen molar-refractivity contribution in [3.63, 3.8) is 0 Å². The van der Waals surface area contributed by atoms with E-state index in [1.807, 2.05) is 13.2 Å². The second kappa shape index (κ2) is 6.40. The first kappa shape index (κ1) is 15.3. The molecule has 0 aliphatic heterocycles. The number of nitrogens with two attached hydrogens (primary N) is 1. The van der Waals surface area contributed by atoms with Gasteiger partial charge in [-0.2, -0.15) is 11.8 Å². The highest BCUT2D eigenvalue weighted by Gasteiger charge is 2.15. The van der Waals surface area contributed by atoms with E-state index >= 15 is 0 Å². The van der Waals surface area contributed by atoms with E-state index in [2.05, 4.69) is 4.72 Å². The molecule has 1 unspecified atom stereocenters. The van der Waals surface area contributed by atoms with Crippen molar-refractivity contribution in [2.75, 3.05) is 18.5 Å². The third-order valence-electron chi connectivity index (χ3n) is 2.52. The Morgan fingerprint density at radius 3 is 2.72 bits per heavy atom. The first-order valence-corrected chi connectivity index (χ1v) is 8.21.